The topological polar surface area (TPSA) is 96.0 Å². The monoisotopic (exact) mass is 681 g/mol. The molecule has 0 fully saturated rings. The molecule has 11 heteroatoms. The van der Waals surface area contributed by atoms with Crippen LogP contribution in [0, 0.1) is 6.92 Å². The van der Waals surface area contributed by atoms with Crippen LogP contribution in [0.2, 0.25) is 10.0 Å². The van der Waals surface area contributed by atoms with E-state index < -0.39 is 34.4 Å². The lowest BCUT2D eigenvalue weighted by molar-refractivity contribution is -0.140. The molecule has 46 heavy (non-hydrogen) atoms. The number of carbonyl (C=O) groups excluding carboxylic acids is 2. The van der Waals surface area contributed by atoms with Crippen LogP contribution in [0.1, 0.15) is 30.5 Å². The van der Waals surface area contributed by atoms with Crippen molar-refractivity contribution in [1.29, 1.82) is 0 Å². The van der Waals surface area contributed by atoms with Gasteiger partial charge in [0.2, 0.25) is 11.8 Å². The second-order valence-electron chi connectivity index (χ2n) is 10.5. The van der Waals surface area contributed by atoms with Gasteiger partial charge < -0.3 is 15.0 Å². The van der Waals surface area contributed by atoms with Crippen molar-refractivity contribution in [3.05, 3.63) is 124 Å². The first-order chi connectivity index (χ1) is 22.1. The lowest BCUT2D eigenvalue weighted by atomic mass is 10.0. The van der Waals surface area contributed by atoms with Crippen molar-refractivity contribution in [2.75, 3.05) is 24.0 Å². The summed E-state index contributed by atoms with van der Waals surface area (Å²) in [5, 5.41) is 3.46. The summed E-state index contributed by atoms with van der Waals surface area (Å²) < 4.78 is 35.4. The molecular weight excluding hydrogens is 645 g/mol. The van der Waals surface area contributed by atoms with E-state index in [2.05, 4.69) is 5.32 Å². The maximum Gasteiger partial charge on any atom is 0.264 e. The molecule has 4 aromatic carbocycles. The molecule has 8 nitrogen and oxygen atoms in total. The van der Waals surface area contributed by atoms with Gasteiger partial charge in [-0.15, -0.1) is 0 Å². The van der Waals surface area contributed by atoms with E-state index >= 15 is 0 Å². The second-order valence-corrected chi connectivity index (χ2v) is 13.2. The normalized spacial score (nSPS) is 11.8. The number of carbonyl (C=O) groups is 2. The summed E-state index contributed by atoms with van der Waals surface area (Å²) in [5.41, 5.74) is 2.31. The fourth-order valence-electron chi connectivity index (χ4n) is 4.99. The molecule has 0 saturated carbocycles. The number of nitrogens with one attached hydrogen (secondary N) is 1. The minimum atomic E-state index is -4.29. The number of aryl methyl sites for hydroxylation is 1. The van der Waals surface area contributed by atoms with E-state index in [1.807, 2.05) is 37.3 Å². The van der Waals surface area contributed by atoms with Gasteiger partial charge in [0.15, 0.2) is 0 Å². The Morgan fingerprint density at radius 1 is 0.848 bits per heavy atom. The van der Waals surface area contributed by atoms with Gasteiger partial charge in [-0.05, 0) is 62.7 Å². The first-order valence-corrected chi connectivity index (χ1v) is 17.1. The molecule has 0 aliphatic rings. The SMILES string of the molecule is CCNC(=O)[C@H](Cc1ccccc1)N(Cc1c(Cl)cccc1Cl)C(=O)CN(c1ccccc1OCC)S(=O)(=O)c1ccc(C)cc1. The van der Waals surface area contributed by atoms with Gasteiger partial charge in [-0.2, -0.15) is 0 Å². The third-order valence-electron chi connectivity index (χ3n) is 7.33. The number of rotatable bonds is 14. The Labute approximate surface area is 280 Å². The first kappa shape index (κ1) is 34.8. The number of sulfonamides is 1. The average Bonchev–Trinajstić information content (AvgIpc) is 3.04. The number of halogens is 2. The van der Waals surface area contributed by atoms with Crippen molar-refractivity contribution < 1.29 is 22.7 Å². The molecule has 0 saturated heterocycles. The number of ether oxygens (including phenoxy) is 1. The van der Waals surface area contributed by atoms with E-state index in [-0.39, 0.29) is 30.2 Å². The number of nitrogens with zero attached hydrogens (tertiary/aromatic N) is 2. The van der Waals surface area contributed by atoms with Crippen LogP contribution in [0.25, 0.3) is 0 Å². The van der Waals surface area contributed by atoms with E-state index in [1.165, 1.54) is 17.0 Å². The Morgan fingerprint density at radius 2 is 1.48 bits per heavy atom. The van der Waals surface area contributed by atoms with Gasteiger partial charge in [0, 0.05) is 35.1 Å². The molecular formula is C35H37Cl2N3O5S. The average molecular weight is 683 g/mol. The van der Waals surface area contributed by atoms with E-state index in [9.17, 15) is 18.0 Å². The van der Waals surface area contributed by atoms with Crippen LogP contribution in [-0.2, 0) is 32.6 Å². The van der Waals surface area contributed by atoms with Gasteiger partial charge in [-0.3, -0.25) is 13.9 Å². The second kappa shape index (κ2) is 16.0. The number of para-hydroxylation sites is 2. The minimum Gasteiger partial charge on any atom is -0.492 e. The predicted octanol–water partition coefficient (Wildman–Crippen LogP) is 6.67. The number of hydrogen-bond donors (Lipinski definition) is 1. The molecule has 0 spiro atoms. The van der Waals surface area contributed by atoms with Crippen molar-refractivity contribution in [3.63, 3.8) is 0 Å². The number of hydrogen-bond acceptors (Lipinski definition) is 5. The molecule has 1 atom stereocenters. The van der Waals surface area contributed by atoms with E-state index in [4.69, 9.17) is 27.9 Å². The minimum absolute atomic E-state index is 0.00228. The summed E-state index contributed by atoms with van der Waals surface area (Å²) in [5.74, 6) is -0.741. The third kappa shape index (κ3) is 8.40. The Balaban J connectivity index is 1.86. The third-order valence-corrected chi connectivity index (χ3v) is 9.82. The zero-order valence-corrected chi connectivity index (χ0v) is 28.3. The zero-order valence-electron chi connectivity index (χ0n) is 26.0. The van der Waals surface area contributed by atoms with Gasteiger partial charge in [0.25, 0.3) is 10.0 Å². The predicted molar refractivity (Wildman–Crippen MR) is 183 cm³/mol. The van der Waals surface area contributed by atoms with Crippen LogP contribution in [-0.4, -0.2) is 50.9 Å². The largest absolute Gasteiger partial charge is 0.492 e. The molecule has 0 unspecified atom stereocenters. The quantitative estimate of drug-likeness (QED) is 0.160. The van der Waals surface area contributed by atoms with Gasteiger partial charge in [0.1, 0.15) is 18.3 Å². The highest BCUT2D eigenvalue weighted by atomic mass is 35.5. The summed E-state index contributed by atoms with van der Waals surface area (Å²) in [6.07, 6.45) is 0.167. The summed E-state index contributed by atoms with van der Waals surface area (Å²) in [4.78, 5) is 29.6. The van der Waals surface area contributed by atoms with Gasteiger partial charge in [-0.1, -0.05) is 89.4 Å². The Hall–Kier alpha value is -4.05. The molecule has 0 aliphatic heterocycles. The summed E-state index contributed by atoms with van der Waals surface area (Å²) in [7, 11) is -4.29. The molecule has 4 rings (SSSR count). The van der Waals surface area contributed by atoms with Gasteiger partial charge >= 0.3 is 0 Å². The first-order valence-electron chi connectivity index (χ1n) is 14.9. The Kier molecular flexibility index (Phi) is 12.1. The van der Waals surface area contributed by atoms with Gasteiger partial charge in [-0.25, -0.2) is 8.42 Å². The number of likely N-dealkylation sites (N-methyl/N-ethyl adjacent to an activating group) is 1. The van der Waals surface area contributed by atoms with Crippen molar-refractivity contribution in [2.24, 2.45) is 0 Å². The van der Waals surface area contributed by atoms with Crippen LogP contribution in [0.3, 0.4) is 0 Å². The molecule has 2 amide bonds. The van der Waals surface area contributed by atoms with Crippen LogP contribution >= 0.6 is 23.2 Å². The molecule has 0 heterocycles. The Bertz CT molecular complexity index is 1730. The van der Waals surface area contributed by atoms with Crippen LogP contribution in [0.4, 0.5) is 5.69 Å². The van der Waals surface area contributed by atoms with Crippen LogP contribution in [0.15, 0.2) is 102 Å². The standard InChI is InChI=1S/C35H37Cl2N3O5S/c1-4-38-35(42)32(22-26-12-7-6-8-13-26)39(23-28-29(36)14-11-15-30(28)37)34(41)24-40(31-16-9-10-17-33(31)45-5-2)46(43,44)27-20-18-25(3)19-21-27/h6-21,32H,4-5,22-24H2,1-3H3,(H,38,42)/t32-/m0/s1. The summed E-state index contributed by atoms with van der Waals surface area (Å²) >= 11 is 13.1. The van der Waals surface area contributed by atoms with E-state index in [0.717, 1.165) is 15.4 Å². The lowest BCUT2D eigenvalue weighted by Crippen LogP contribution is -2.53. The van der Waals surface area contributed by atoms with Crippen molar-refractivity contribution in [2.45, 2.75) is 44.7 Å². The van der Waals surface area contributed by atoms with Crippen molar-refractivity contribution in [1.82, 2.24) is 10.2 Å². The van der Waals surface area contributed by atoms with Crippen LogP contribution < -0.4 is 14.4 Å². The highest BCUT2D eigenvalue weighted by molar-refractivity contribution is 7.92. The van der Waals surface area contributed by atoms with Crippen molar-refractivity contribution in [3.8, 4) is 5.75 Å². The lowest BCUT2D eigenvalue weighted by Gasteiger charge is -2.34. The molecule has 0 radical (unpaired) electrons. The Morgan fingerprint density at radius 3 is 2.11 bits per heavy atom. The number of amides is 2. The molecule has 0 aliphatic carbocycles. The molecule has 1 N–H and O–H groups in total. The number of anilines is 1. The number of benzene rings is 4. The van der Waals surface area contributed by atoms with Crippen LogP contribution in [0.5, 0.6) is 5.75 Å². The van der Waals surface area contributed by atoms with Crippen molar-refractivity contribution >= 4 is 50.7 Å². The van der Waals surface area contributed by atoms with E-state index in [1.54, 1.807) is 68.4 Å². The van der Waals surface area contributed by atoms with E-state index in [0.29, 0.717) is 27.9 Å². The fraction of sp³-hybridized carbons (Fsp3) is 0.257. The molecule has 242 valence electrons. The highest BCUT2D eigenvalue weighted by Gasteiger charge is 2.36. The maximum atomic E-state index is 14.6. The zero-order chi connectivity index (χ0) is 33.3. The molecule has 4 aromatic rings. The molecule has 0 aromatic heterocycles. The molecule has 0 bridgehead atoms. The highest BCUT2D eigenvalue weighted by Crippen LogP contribution is 2.34. The van der Waals surface area contributed by atoms with Gasteiger partial charge in [0.05, 0.1) is 17.2 Å². The fourth-order valence-corrected chi connectivity index (χ4v) is 6.93. The summed E-state index contributed by atoms with van der Waals surface area (Å²) in [6, 6.07) is 26.3. The summed E-state index contributed by atoms with van der Waals surface area (Å²) in [6.45, 7) is 5.26. The maximum absolute atomic E-state index is 14.6. The smallest absolute Gasteiger partial charge is 0.264 e.